The Hall–Kier alpha value is -2.10. The molecule has 1 unspecified atom stereocenters. The quantitative estimate of drug-likeness (QED) is 0.911. The SMILES string of the molecule is CC1=NN(c2ccccc2)C(O)C1=Cc1cccc(Cl)c1. The average Bonchev–Trinajstić information content (AvgIpc) is 2.76. The van der Waals surface area contributed by atoms with Crippen molar-refractivity contribution in [1.82, 2.24) is 0 Å². The molecule has 106 valence electrons. The molecule has 2 aromatic rings. The number of para-hydroxylation sites is 1. The summed E-state index contributed by atoms with van der Waals surface area (Å²) in [4.78, 5) is 0. The molecule has 1 N–H and O–H groups in total. The molecule has 3 rings (SSSR count). The molecule has 0 spiro atoms. The minimum absolute atomic E-state index is 0.673. The topological polar surface area (TPSA) is 35.8 Å². The van der Waals surface area contributed by atoms with Gasteiger partial charge in [0.2, 0.25) is 0 Å². The lowest BCUT2D eigenvalue weighted by Crippen LogP contribution is -2.27. The minimum Gasteiger partial charge on any atom is -0.368 e. The van der Waals surface area contributed by atoms with Crippen LogP contribution in [0, 0.1) is 0 Å². The third kappa shape index (κ3) is 2.84. The van der Waals surface area contributed by atoms with Crippen LogP contribution >= 0.6 is 11.6 Å². The Morgan fingerprint density at radius 3 is 2.62 bits per heavy atom. The number of benzene rings is 2. The third-order valence-electron chi connectivity index (χ3n) is 3.38. The van der Waals surface area contributed by atoms with Gasteiger partial charge >= 0.3 is 0 Å². The fraction of sp³-hybridized carbons (Fsp3) is 0.118. The number of aliphatic hydroxyl groups excluding tert-OH is 1. The molecule has 2 aromatic carbocycles. The van der Waals surface area contributed by atoms with Crippen molar-refractivity contribution < 1.29 is 5.11 Å². The van der Waals surface area contributed by atoms with Gasteiger partial charge in [0.25, 0.3) is 0 Å². The second-order valence-electron chi connectivity index (χ2n) is 4.89. The van der Waals surface area contributed by atoms with E-state index in [2.05, 4.69) is 5.10 Å². The minimum atomic E-state index is -0.786. The Kier molecular flexibility index (Phi) is 3.78. The number of hydrazone groups is 1. The molecule has 0 bridgehead atoms. The van der Waals surface area contributed by atoms with Crippen LogP contribution in [0.5, 0.6) is 0 Å². The highest BCUT2D eigenvalue weighted by Gasteiger charge is 2.28. The molecular formula is C17H15ClN2O. The summed E-state index contributed by atoms with van der Waals surface area (Å²) in [6, 6.07) is 17.1. The number of rotatable bonds is 2. The summed E-state index contributed by atoms with van der Waals surface area (Å²) in [5.41, 5.74) is 3.38. The van der Waals surface area contributed by atoms with Crippen molar-refractivity contribution in [2.75, 3.05) is 5.01 Å². The summed E-state index contributed by atoms with van der Waals surface area (Å²) >= 11 is 6.00. The van der Waals surface area contributed by atoms with E-state index in [0.29, 0.717) is 5.02 Å². The number of halogens is 1. The van der Waals surface area contributed by atoms with Crippen molar-refractivity contribution in [2.45, 2.75) is 13.2 Å². The zero-order valence-corrected chi connectivity index (χ0v) is 12.3. The van der Waals surface area contributed by atoms with Crippen LogP contribution in [0.1, 0.15) is 12.5 Å². The average molecular weight is 299 g/mol. The molecule has 1 aliphatic rings. The van der Waals surface area contributed by atoms with Crippen molar-refractivity contribution in [3.8, 4) is 0 Å². The van der Waals surface area contributed by atoms with Crippen LogP contribution in [0.3, 0.4) is 0 Å². The number of nitrogens with zero attached hydrogens (tertiary/aromatic N) is 2. The molecule has 3 nitrogen and oxygen atoms in total. The summed E-state index contributed by atoms with van der Waals surface area (Å²) in [6.07, 6.45) is 1.13. The molecule has 0 radical (unpaired) electrons. The molecule has 0 saturated heterocycles. The molecule has 0 aromatic heterocycles. The van der Waals surface area contributed by atoms with Gasteiger partial charge in [0, 0.05) is 10.6 Å². The van der Waals surface area contributed by atoms with E-state index < -0.39 is 6.23 Å². The van der Waals surface area contributed by atoms with Gasteiger partial charge in [0.1, 0.15) is 0 Å². The molecule has 0 saturated carbocycles. The molecule has 0 aliphatic carbocycles. The fourth-order valence-corrected chi connectivity index (χ4v) is 2.53. The van der Waals surface area contributed by atoms with Crippen molar-refractivity contribution in [2.24, 2.45) is 5.10 Å². The van der Waals surface area contributed by atoms with Crippen molar-refractivity contribution in [3.05, 3.63) is 70.8 Å². The highest BCUT2D eigenvalue weighted by molar-refractivity contribution is 6.30. The number of hydrogen-bond acceptors (Lipinski definition) is 3. The fourth-order valence-electron chi connectivity index (χ4n) is 2.33. The van der Waals surface area contributed by atoms with Crippen LogP contribution in [0.15, 0.2) is 65.3 Å². The zero-order chi connectivity index (χ0) is 14.8. The Labute approximate surface area is 128 Å². The van der Waals surface area contributed by atoms with Crippen LogP contribution in [-0.4, -0.2) is 17.0 Å². The molecule has 1 atom stereocenters. The van der Waals surface area contributed by atoms with E-state index in [1.54, 1.807) is 5.01 Å². The number of anilines is 1. The van der Waals surface area contributed by atoms with Crippen molar-refractivity contribution in [1.29, 1.82) is 0 Å². The predicted molar refractivity (Wildman–Crippen MR) is 87.5 cm³/mol. The van der Waals surface area contributed by atoms with Gasteiger partial charge in [-0.25, -0.2) is 5.01 Å². The highest BCUT2D eigenvalue weighted by Crippen LogP contribution is 2.28. The lowest BCUT2D eigenvalue weighted by molar-refractivity contribution is 0.219. The van der Waals surface area contributed by atoms with Crippen molar-refractivity contribution >= 4 is 29.1 Å². The smallest absolute Gasteiger partial charge is 0.175 e. The van der Waals surface area contributed by atoms with E-state index in [-0.39, 0.29) is 0 Å². The van der Waals surface area contributed by atoms with E-state index >= 15 is 0 Å². The van der Waals surface area contributed by atoms with E-state index in [1.807, 2.05) is 67.6 Å². The van der Waals surface area contributed by atoms with Gasteiger partial charge in [0.15, 0.2) is 6.23 Å². The first-order chi connectivity index (χ1) is 10.1. The zero-order valence-electron chi connectivity index (χ0n) is 11.6. The Morgan fingerprint density at radius 2 is 1.90 bits per heavy atom. The van der Waals surface area contributed by atoms with Crippen LogP contribution in [-0.2, 0) is 0 Å². The van der Waals surface area contributed by atoms with Crippen LogP contribution in [0.4, 0.5) is 5.69 Å². The molecular weight excluding hydrogens is 284 g/mol. The predicted octanol–water partition coefficient (Wildman–Crippen LogP) is 3.94. The van der Waals surface area contributed by atoms with Crippen molar-refractivity contribution in [3.63, 3.8) is 0 Å². The molecule has 21 heavy (non-hydrogen) atoms. The van der Waals surface area contributed by atoms with Gasteiger partial charge in [-0.1, -0.05) is 41.9 Å². The largest absolute Gasteiger partial charge is 0.368 e. The van der Waals surface area contributed by atoms with Crippen LogP contribution < -0.4 is 5.01 Å². The Balaban J connectivity index is 1.94. The molecule has 1 heterocycles. The van der Waals surface area contributed by atoms with Gasteiger partial charge in [0.05, 0.1) is 11.4 Å². The molecule has 0 amide bonds. The summed E-state index contributed by atoms with van der Waals surface area (Å²) in [5.74, 6) is 0. The maximum Gasteiger partial charge on any atom is 0.175 e. The first kappa shape index (κ1) is 13.9. The summed E-state index contributed by atoms with van der Waals surface area (Å²) in [6.45, 7) is 1.89. The second-order valence-corrected chi connectivity index (χ2v) is 5.33. The van der Waals surface area contributed by atoms with E-state index in [4.69, 9.17) is 11.6 Å². The van der Waals surface area contributed by atoms with E-state index in [1.165, 1.54) is 0 Å². The number of hydrogen-bond donors (Lipinski definition) is 1. The third-order valence-corrected chi connectivity index (χ3v) is 3.61. The van der Waals surface area contributed by atoms with Gasteiger partial charge in [-0.05, 0) is 42.8 Å². The maximum absolute atomic E-state index is 10.5. The lowest BCUT2D eigenvalue weighted by atomic mass is 10.1. The Bertz CT molecular complexity index is 710. The van der Waals surface area contributed by atoms with Gasteiger partial charge in [-0.15, -0.1) is 0 Å². The maximum atomic E-state index is 10.5. The normalized spacial score (nSPS) is 20.0. The van der Waals surface area contributed by atoms with E-state index in [0.717, 1.165) is 22.5 Å². The lowest BCUT2D eigenvalue weighted by Gasteiger charge is -2.19. The molecule has 1 aliphatic heterocycles. The van der Waals surface area contributed by atoms with Gasteiger partial charge < -0.3 is 5.11 Å². The van der Waals surface area contributed by atoms with Crippen LogP contribution in [0.2, 0.25) is 5.02 Å². The van der Waals surface area contributed by atoms with E-state index in [9.17, 15) is 5.11 Å². The van der Waals surface area contributed by atoms with Gasteiger partial charge in [-0.2, -0.15) is 5.10 Å². The Morgan fingerprint density at radius 1 is 1.14 bits per heavy atom. The van der Waals surface area contributed by atoms with Crippen LogP contribution in [0.25, 0.3) is 6.08 Å². The summed E-state index contributed by atoms with van der Waals surface area (Å²) in [5, 5.41) is 17.2. The second kappa shape index (κ2) is 5.72. The highest BCUT2D eigenvalue weighted by atomic mass is 35.5. The van der Waals surface area contributed by atoms with Gasteiger partial charge in [-0.3, -0.25) is 0 Å². The number of aliphatic hydroxyl groups is 1. The molecule has 0 fully saturated rings. The molecule has 4 heteroatoms. The monoisotopic (exact) mass is 298 g/mol. The standard InChI is InChI=1S/C17H15ClN2O/c1-12-16(11-13-6-5-7-14(18)10-13)17(21)20(19-12)15-8-3-2-4-9-15/h2-11,17,21H,1H3. The first-order valence-corrected chi connectivity index (χ1v) is 7.08. The summed E-state index contributed by atoms with van der Waals surface area (Å²) in [7, 11) is 0. The summed E-state index contributed by atoms with van der Waals surface area (Å²) < 4.78 is 0. The first-order valence-electron chi connectivity index (χ1n) is 6.70.